The number of hydrogen-bond donors (Lipinski definition) is 3. The van der Waals surface area contributed by atoms with Crippen molar-refractivity contribution in [2.45, 2.75) is 50.2 Å². The van der Waals surface area contributed by atoms with Crippen LogP contribution in [-0.2, 0) is 4.79 Å². The number of β-amino-alcohol motifs (C(OH)–C–C–N with tert-alkyl or cyclic N) is 1. The van der Waals surface area contributed by atoms with Gasteiger partial charge in [0.15, 0.2) is 0 Å². The first-order valence-electron chi connectivity index (χ1n) is 8.66. The number of benzene rings is 1. The predicted molar refractivity (Wildman–Crippen MR) is 86.3 cm³/mol. The van der Waals surface area contributed by atoms with E-state index in [0.29, 0.717) is 25.3 Å². The molecule has 0 radical (unpaired) electrons. The second-order valence-electron chi connectivity index (χ2n) is 7.01. The number of nitrogens with one attached hydrogen (secondary N) is 2. The first kappa shape index (κ1) is 17.3. The lowest BCUT2D eigenvalue weighted by Gasteiger charge is -2.30. The van der Waals surface area contributed by atoms with Gasteiger partial charge in [-0.2, -0.15) is 0 Å². The van der Waals surface area contributed by atoms with Crippen molar-refractivity contribution in [1.82, 2.24) is 10.6 Å². The summed E-state index contributed by atoms with van der Waals surface area (Å²) in [6.45, 7) is 0.761. The average molecular weight is 338 g/mol. The van der Waals surface area contributed by atoms with E-state index in [9.17, 15) is 18.7 Å². The van der Waals surface area contributed by atoms with Crippen molar-refractivity contribution in [2.24, 2.45) is 5.92 Å². The highest BCUT2D eigenvalue weighted by Gasteiger charge is 2.41. The molecule has 132 valence electrons. The molecule has 3 N–H and O–H groups in total. The Hall–Kier alpha value is -1.53. The molecule has 1 atom stereocenters. The Morgan fingerprint density at radius 3 is 2.62 bits per heavy atom. The normalized spacial score (nSPS) is 20.8. The molecule has 0 bridgehead atoms. The monoisotopic (exact) mass is 338 g/mol. The van der Waals surface area contributed by atoms with Crippen LogP contribution < -0.4 is 10.6 Å². The number of hydrogen-bond acceptors (Lipinski definition) is 3. The summed E-state index contributed by atoms with van der Waals surface area (Å²) in [4.78, 5) is 12.6. The van der Waals surface area contributed by atoms with Gasteiger partial charge in [0.05, 0.1) is 11.6 Å². The topological polar surface area (TPSA) is 61.4 Å². The average Bonchev–Trinajstić information content (AvgIpc) is 3.26. The van der Waals surface area contributed by atoms with Gasteiger partial charge < -0.3 is 15.7 Å². The van der Waals surface area contributed by atoms with Crippen LogP contribution in [0.2, 0.25) is 0 Å². The summed E-state index contributed by atoms with van der Waals surface area (Å²) < 4.78 is 26.7. The summed E-state index contributed by atoms with van der Waals surface area (Å²) >= 11 is 0. The fourth-order valence-corrected chi connectivity index (χ4v) is 3.36. The Kier molecular flexibility index (Phi) is 5.15. The number of rotatable bonds is 7. The van der Waals surface area contributed by atoms with Crippen molar-refractivity contribution in [2.75, 3.05) is 13.1 Å². The van der Waals surface area contributed by atoms with Crippen LogP contribution in [0.25, 0.3) is 0 Å². The molecule has 3 rings (SSSR count). The van der Waals surface area contributed by atoms with Gasteiger partial charge in [-0.05, 0) is 37.7 Å². The Bertz CT molecular complexity index is 599. The van der Waals surface area contributed by atoms with Crippen LogP contribution in [0.3, 0.4) is 0 Å². The number of aliphatic hydroxyl groups excluding tert-OH is 1. The van der Waals surface area contributed by atoms with E-state index in [-0.39, 0.29) is 18.0 Å². The molecule has 2 fully saturated rings. The summed E-state index contributed by atoms with van der Waals surface area (Å²) in [7, 11) is 0. The SMILES string of the molecule is O=C(NCC1CC1)C1(NCC(O)c2ccc(F)cc2F)CCCC1. The zero-order valence-corrected chi connectivity index (χ0v) is 13.7. The van der Waals surface area contributed by atoms with Gasteiger partial charge in [-0.1, -0.05) is 18.9 Å². The first-order chi connectivity index (χ1) is 11.5. The number of aliphatic hydroxyl groups is 1. The maximum atomic E-state index is 13.8. The third-order valence-corrected chi connectivity index (χ3v) is 5.10. The third kappa shape index (κ3) is 3.92. The second kappa shape index (κ2) is 7.15. The van der Waals surface area contributed by atoms with E-state index in [1.807, 2.05) is 0 Å². The molecule has 0 aliphatic heterocycles. The van der Waals surface area contributed by atoms with Crippen molar-refractivity contribution in [1.29, 1.82) is 0 Å². The van der Waals surface area contributed by atoms with Crippen LogP contribution >= 0.6 is 0 Å². The summed E-state index contributed by atoms with van der Waals surface area (Å²) in [6, 6.07) is 3.12. The molecular formula is C18H24F2N2O2. The van der Waals surface area contributed by atoms with E-state index in [1.165, 1.54) is 18.9 Å². The van der Waals surface area contributed by atoms with Gasteiger partial charge in [0, 0.05) is 24.7 Å². The lowest BCUT2D eigenvalue weighted by atomic mass is 9.95. The van der Waals surface area contributed by atoms with Gasteiger partial charge in [0.1, 0.15) is 11.6 Å². The van der Waals surface area contributed by atoms with Gasteiger partial charge >= 0.3 is 0 Å². The number of halogens is 2. The van der Waals surface area contributed by atoms with Crippen LogP contribution in [0.4, 0.5) is 8.78 Å². The second-order valence-corrected chi connectivity index (χ2v) is 7.01. The minimum Gasteiger partial charge on any atom is -0.387 e. The highest BCUT2D eigenvalue weighted by molar-refractivity contribution is 5.86. The molecule has 1 aromatic rings. The lowest BCUT2D eigenvalue weighted by molar-refractivity contribution is -0.127. The smallest absolute Gasteiger partial charge is 0.240 e. The summed E-state index contributed by atoms with van der Waals surface area (Å²) in [5.74, 6) is -0.879. The van der Waals surface area contributed by atoms with Gasteiger partial charge in [0.2, 0.25) is 5.91 Å². The van der Waals surface area contributed by atoms with Gasteiger partial charge in [0.25, 0.3) is 0 Å². The van der Waals surface area contributed by atoms with E-state index >= 15 is 0 Å². The van der Waals surface area contributed by atoms with Crippen LogP contribution in [0.1, 0.15) is 50.2 Å². The van der Waals surface area contributed by atoms with Crippen LogP contribution in [0, 0.1) is 17.6 Å². The van der Waals surface area contributed by atoms with Gasteiger partial charge in [-0.15, -0.1) is 0 Å². The molecule has 0 aromatic heterocycles. The molecule has 0 spiro atoms. The molecule has 1 unspecified atom stereocenters. The Morgan fingerprint density at radius 2 is 2.00 bits per heavy atom. The van der Waals surface area contributed by atoms with Gasteiger partial charge in [-0.3, -0.25) is 4.79 Å². The first-order valence-corrected chi connectivity index (χ1v) is 8.66. The van der Waals surface area contributed by atoms with E-state index in [2.05, 4.69) is 10.6 Å². The Morgan fingerprint density at radius 1 is 1.29 bits per heavy atom. The molecule has 0 heterocycles. The Balaban J connectivity index is 1.61. The molecule has 1 amide bonds. The zero-order chi connectivity index (χ0) is 17.2. The minimum atomic E-state index is -1.13. The molecular weight excluding hydrogens is 314 g/mol. The van der Waals surface area contributed by atoms with Crippen molar-refractivity contribution in [3.63, 3.8) is 0 Å². The van der Waals surface area contributed by atoms with Crippen molar-refractivity contribution in [3.8, 4) is 0 Å². The number of amides is 1. The highest BCUT2D eigenvalue weighted by atomic mass is 19.1. The minimum absolute atomic E-state index is 0.0290. The molecule has 2 aliphatic carbocycles. The number of carbonyl (C=O) groups excluding carboxylic acids is 1. The van der Waals surface area contributed by atoms with E-state index < -0.39 is 23.3 Å². The third-order valence-electron chi connectivity index (χ3n) is 5.10. The maximum absolute atomic E-state index is 13.8. The molecule has 4 nitrogen and oxygen atoms in total. The molecule has 1 aromatic carbocycles. The van der Waals surface area contributed by atoms with E-state index in [4.69, 9.17) is 0 Å². The fourth-order valence-electron chi connectivity index (χ4n) is 3.36. The summed E-state index contributed by atoms with van der Waals surface area (Å²) in [6.07, 6.45) is 4.53. The van der Waals surface area contributed by atoms with Crippen molar-refractivity contribution in [3.05, 3.63) is 35.4 Å². The van der Waals surface area contributed by atoms with E-state index in [1.54, 1.807) is 0 Å². The van der Waals surface area contributed by atoms with Gasteiger partial charge in [-0.25, -0.2) is 8.78 Å². The quantitative estimate of drug-likeness (QED) is 0.716. The lowest BCUT2D eigenvalue weighted by Crippen LogP contribution is -2.56. The predicted octanol–water partition coefficient (Wildman–Crippen LogP) is 2.43. The van der Waals surface area contributed by atoms with Crippen LogP contribution in [0.15, 0.2) is 18.2 Å². The largest absolute Gasteiger partial charge is 0.387 e. The Labute approximate surface area is 140 Å². The van der Waals surface area contributed by atoms with Crippen molar-refractivity contribution >= 4 is 5.91 Å². The maximum Gasteiger partial charge on any atom is 0.240 e. The zero-order valence-electron chi connectivity index (χ0n) is 13.7. The standard InChI is InChI=1S/C18H24F2N2O2/c19-13-5-6-14(15(20)9-13)16(23)11-22-18(7-1-2-8-18)17(24)21-10-12-3-4-12/h5-6,9,12,16,22-23H,1-4,7-8,10-11H2,(H,21,24). The molecule has 6 heteroatoms. The highest BCUT2D eigenvalue weighted by Crippen LogP contribution is 2.32. The molecule has 2 saturated carbocycles. The molecule has 24 heavy (non-hydrogen) atoms. The molecule has 2 aliphatic rings. The van der Waals surface area contributed by atoms with Crippen LogP contribution in [0.5, 0.6) is 0 Å². The fraction of sp³-hybridized carbons (Fsp3) is 0.611. The van der Waals surface area contributed by atoms with E-state index in [0.717, 1.165) is 25.0 Å². The van der Waals surface area contributed by atoms with Crippen LogP contribution in [-0.4, -0.2) is 29.6 Å². The number of carbonyl (C=O) groups is 1. The summed E-state index contributed by atoms with van der Waals surface area (Å²) in [5, 5.41) is 16.4. The van der Waals surface area contributed by atoms with Crippen molar-refractivity contribution < 1.29 is 18.7 Å². The molecule has 0 saturated heterocycles. The summed E-state index contributed by atoms with van der Waals surface area (Å²) in [5.41, 5.74) is -0.651.